The number of anilines is 1. The van der Waals surface area contributed by atoms with Crippen LogP contribution in [0.25, 0.3) is 0 Å². The maximum Gasteiger partial charge on any atom is 0.338 e. The molecule has 0 radical (unpaired) electrons. The first-order valence-corrected chi connectivity index (χ1v) is 11.6. The summed E-state index contributed by atoms with van der Waals surface area (Å²) in [6.45, 7) is 6.41. The first kappa shape index (κ1) is 22.0. The minimum absolute atomic E-state index is 0.287. The fraction of sp³-hybridized carbons (Fsp3) is 0.292. The molecule has 0 amide bonds. The number of carbonyl (C=O) groups excluding carboxylic acids is 1. The number of aromatic nitrogens is 3. The number of nitrogens with one attached hydrogen (secondary N) is 1. The van der Waals surface area contributed by atoms with Gasteiger partial charge in [-0.25, -0.2) is 9.48 Å². The molecule has 7 nitrogen and oxygen atoms in total. The molecule has 0 spiro atoms. The Labute approximate surface area is 191 Å². The standard InChI is InChI=1S/C24H26N4O3S/c1-4-30-22(29)20-16(3)25-23-26-24(32-5-2)27-28(23)21(20)18-13-9-10-14-19(18)31-15-17-11-7-6-8-12-17/h6-14,21H,4-5,15H2,1-3H3,(H,25,26,27). The van der Waals surface area contributed by atoms with Crippen LogP contribution in [0.5, 0.6) is 5.75 Å². The predicted molar refractivity (Wildman–Crippen MR) is 125 cm³/mol. The third-order valence-electron chi connectivity index (χ3n) is 5.05. The molecule has 0 fully saturated rings. The number of para-hydroxylation sites is 1. The van der Waals surface area contributed by atoms with E-state index in [4.69, 9.17) is 14.6 Å². The van der Waals surface area contributed by atoms with Crippen molar-refractivity contribution in [3.63, 3.8) is 0 Å². The molecule has 1 aliphatic heterocycles. The summed E-state index contributed by atoms with van der Waals surface area (Å²) in [5.41, 5.74) is 3.08. The van der Waals surface area contributed by atoms with Gasteiger partial charge in [-0.3, -0.25) is 0 Å². The van der Waals surface area contributed by atoms with E-state index in [1.807, 2.05) is 61.5 Å². The van der Waals surface area contributed by atoms with Crippen LogP contribution in [0.4, 0.5) is 5.95 Å². The molecule has 0 aliphatic carbocycles. The molecular weight excluding hydrogens is 424 g/mol. The Bertz CT molecular complexity index is 1130. The number of carbonyl (C=O) groups is 1. The lowest BCUT2D eigenvalue weighted by Crippen LogP contribution is -2.30. The molecule has 8 heteroatoms. The van der Waals surface area contributed by atoms with E-state index in [0.29, 0.717) is 34.7 Å². The normalized spacial score (nSPS) is 15.2. The highest BCUT2D eigenvalue weighted by Crippen LogP contribution is 2.40. The van der Waals surface area contributed by atoms with Crippen LogP contribution in [0.2, 0.25) is 0 Å². The number of fused-ring (bicyclic) bond motifs is 1. The Balaban J connectivity index is 1.78. The van der Waals surface area contributed by atoms with E-state index in [9.17, 15) is 4.79 Å². The van der Waals surface area contributed by atoms with Gasteiger partial charge in [0.25, 0.3) is 0 Å². The third kappa shape index (κ3) is 4.50. The minimum Gasteiger partial charge on any atom is -0.489 e. The number of nitrogens with zero attached hydrogens (tertiary/aromatic N) is 3. The molecule has 0 bridgehead atoms. The zero-order chi connectivity index (χ0) is 22.5. The maximum atomic E-state index is 13.0. The number of allylic oxidation sites excluding steroid dienone is 1. The van der Waals surface area contributed by atoms with E-state index in [1.54, 1.807) is 23.4 Å². The van der Waals surface area contributed by atoms with Crippen LogP contribution in [0.15, 0.2) is 71.0 Å². The fourth-order valence-electron chi connectivity index (χ4n) is 3.66. The van der Waals surface area contributed by atoms with E-state index >= 15 is 0 Å². The van der Waals surface area contributed by atoms with Crippen LogP contribution < -0.4 is 10.1 Å². The average molecular weight is 451 g/mol. The Morgan fingerprint density at radius 1 is 1.12 bits per heavy atom. The molecule has 2 aromatic carbocycles. The highest BCUT2D eigenvalue weighted by molar-refractivity contribution is 7.99. The van der Waals surface area contributed by atoms with Gasteiger partial charge in [0, 0.05) is 11.3 Å². The summed E-state index contributed by atoms with van der Waals surface area (Å²) >= 11 is 1.55. The smallest absolute Gasteiger partial charge is 0.338 e. The lowest BCUT2D eigenvalue weighted by Gasteiger charge is -2.29. The van der Waals surface area contributed by atoms with Gasteiger partial charge in [-0.05, 0) is 31.2 Å². The van der Waals surface area contributed by atoms with Crippen LogP contribution in [-0.2, 0) is 16.1 Å². The number of rotatable bonds is 8. The largest absolute Gasteiger partial charge is 0.489 e. The van der Waals surface area contributed by atoms with Gasteiger partial charge >= 0.3 is 5.97 Å². The molecule has 166 valence electrons. The first-order chi connectivity index (χ1) is 15.6. The third-order valence-corrected chi connectivity index (χ3v) is 5.77. The summed E-state index contributed by atoms with van der Waals surface area (Å²) in [4.78, 5) is 17.6. The summed E-state index contributed by atoms with van der Waals surface area (Å²) in [6.07, 6.45) is 0. The Kier molecular flexibility index (Phi) is 6.80. The zero-order valence-corrected chi connectivity index (χ0v) is 19.2. The molecule has 1 aromatic heterocycles. The number of benzene rings is 2. The van der Waals surface area contributed by atoms with Crippen molar-refractivity contribution >= 4 is 23.7 Å². The first-order valence-electron chi connectivity index (χ1n) is 10.6. The SMILES string of the molecule is CCOC(=O)C1=C(C)Nc2nc(SCC)nn2C1c1ccccc1OCc1ccccc1. The molecule has 32 heavy (non-hydrogen) atoms. The topological polar surface area (TPSA) is 78.3 Å². The molecule has 3 aromatic rings. The number of hydrogen-bond acceptors (Lipinski definition) is 7. The fourth-order valence-corrected chi connectivity index (χ4v) is 4.21. The van der Waals surface area contributed by atoms with Gasteiger partial charge in [0.2, 0.25) is 11.1 Å². The second-order valence-corrected chi connectivity index (χ2v) is 8.43. The molecular formula is C24H26N4O3S. The quantitative estimate of drug-likeness (QED) is 0.389. The predicted octanol–water partition coefficient (Wildman–Crippen LogP) is 4.82. The summed E-state index contributed by atoms with van der Waals surface area (Å²) < 4.78 is 13.4. The molecule has 2 heterocycles. The van der Waals surface area contributed by atoms with E-state index in [2.05, 4.69) is 17.2 Å². The molecule has 1 unspecified atom stereocenters. The van der Waals surface area contributed by atoms with Crippen molar-refractivity contribution in [2.24, 2.45) is 0 Å². The molecule has 1 atom stereocenters. The van der Waals surface area contributed by atoms with Crippen LogP contribution in [0.3, 0.4) is 0 Å². The second kappa shape index (κ2) is 9.91. The summed E-state index contributed by atoms with van der Waals surface area (Å²) in [5, 5.41) is 8.57. The van der Waals surface area contributed by atoms with Gasteiger partial charge in [-0.2, -0.15) is 4.98 Å². The van der Waals surface area contributed by atoms with Crippen LogP contribution in [0, 0.1) is 0 Å². The van der Waals surface area contributed by atoms with Gasteiger partial charge in [-0.15, -0.1) is 5.10 Å². The summed E-state index contributed by atoms with van der Waals surface area (Å²) in [5.74, 6) is 1.74. The van der Waals surface area contributed by atoms with E-state index < -0.39 is 6.04 Å². The monoisotopic (exact) mass is 450 g/mol. The Hall–Kier alpha value is -3.26. The molecule has 1 aliphatic rings. The van der Waals surface area contributed by atoms with Gasteiger partial charge in [0.05, 0.1) is 12.2 Å². The van der Waals surface area contributed by atoms with Crippen molar-refractivity contribution in [3.05, 3.63) is 77.0 Å². The highest BCUT2D eigenvalue weighted by atomic mass is 32.2. The van der Waals surface area contributed by atoms with E-state index in [1.165, 1.54) is 0 Å². The average Bonchev–Trinajstić information content (AvgIpc) is 3.20. The van der Waals surface area contributed by atoms with Crippen molar-refractivity contribution < 1.29 is 14.3 Å². The summed E-state index contributed by atoms with van der Waals surface area (Å²) in [7, 11) is 0. The number of hydrogen-bond donors (Lipinski definition) is 1. The highest BCUT2D eigenvalue weighted by Gasteiger charge is 2.36. The van der Waals surface area contributed by atoms with Gasteiger partial charge in [-0.1, -0.05) is 67.2 Å². The van der Waals surface area contributed by atoms with Crippen LogP contribution >= 0.6 is 11.8 Å². The van der Waals surface area contributed by atoms with Crippen molar-refractivity contribution in [1.82, 2.24) is 14.8 Å². The lowest BCUT2D eigenvalue weighted by atomic mass is 9.95. The molecule has 1 N–H and O–H groups in total. The van der Waals surface area contributed by atoms with E-state index in [0.717, 1.165) is 16.9 Å². The maximum absolute atomic E-state index is 13.0. The molecule has 4 rings (SSSR count). The summed E-state index contributed by atoms with van der Waals surface area (Å²) in [6, 6.07) is 17.2. The van der Waals surface area contributed by atoms with Crippen molar-refractivity contribution in [3.8, 4) is 5.75 Å². The number of esters is 1. The van der Waals surface area contributed by atoms with E-state index in [-0.39, 0.29) is 12.6 Å². The number of thioether (sulfide) groups is 1. The number of ether oxygens (including phenoxy) is 2. The second-order valence-electron chi connectivity index (χ2n) is 7.19. The zero-order valence-electron chi connectivity index (χ0n) is 18.4. The van der Waals surface area contributed by atoms with Gasteiger partial charge in [0.1, 0.15) is 18.4 Å². The van der Waals surface area contributed by atoms with Crippen molar-refractivity contribution in [1.29, 1.82) is 0 Å². The Morgan fingerprint density at radius 3 is 2.62 bits per heavy atom. The van der Waals surface area contributed by atoms with Crippen LogP contribution in [-0.4, -0.2) is 33.1 Å². The van der Waals surface area contributed by atoms with Crippen LogP contribution in [0.1, 0.15) is 37.9 Å². The molecule has 0 saturated heterocycles. The van der Waals surface area contributed by atoms with Crippen molar-refractivity contribution in [2.45, 2.75) is 38.6 Å². The lowest BCUT2D eigenvalue weighted by molar-refractivity contribution is -0.139. The Morgan fingerprint density at radius 2 is 1.88 bits per heavy atom. The van der Waals surface area contributed by atoms with Gasteiger partial charge in [0.15, 0.2) is 0 Å². The van der Waals surface area contributed by atoms with Gasteiger partial charge < -0.3 is 14.8 Å². The minimum atomic E-state index is -0.518. The van der Waals surface area contributed by atoms with Crippen molar-refractivity contribution in [2.75, 3.05) is 17.7 Å². The molecule has 0 saturated carbocycles.